The highest BCUT2D eigenvalue weighted by Gasteiger charge is 2.19. The molecule has 0 aliphatic carbocycles. The van der Waals surface area contributed by atoms with Crippen LogP contribution in [0.15, 0.2) is 0 Å². The van der Waals surface area contributed by atoms with E-state index in [2.05, 4.69) is 31.2 Å². The zero-order valence-corrected chi connectivity index (χ0v) is 12.6. The van der Waals surface area contributed by atoms with Crippen LogP contribution < -0.4 is 5.32 Å². The zero-order chi connectivity index (χ0) is 14.6. The molecule has 0 atom stereocenters. The van der Waals surface area contributed by atoms with Crippen molar-refractivity contribution in [1.82, 2.24) is 15.1 Å². The molecular formula is C14H25F2N3. The van der Waals surface area contributed by atoms with Gasteiger partial charge in [-0.3, -0.25) is 4.68 Å². The van der Waals surface area contributed by atoms with Gasteiger partial charge in [-0.25, -0.2) is 8.78 Å². The lowest BCUT2D eigenvalue weighted by Gasteiger charge is -2.21. The minimum atomic E-state index is -2.36. The summed E-state index contributed by atoms with van der Waals surface area (Å²) >= 11 is 0. The number of hydrogen-bond donors (Lipinski definition) is 1. The van der Waals surface area contributed by atoms with Crippen molar-refractivity contribution in [2.24, 2.45) is 0 Å². The van der Waals surface area contributed by atoms with Gasteiger partial charge in [0.2, 0.25) is 0 Å². The van der Waals surface area contributed by atoms with Crippen LogP contribution in [-0.4, -0.2) is 21.7 Å². The van der Waals surface area contributed by atoms with Crippen molar-refractivity contribution < 1.29 is 8.78 Å². The van der Waals surface area contributed by atoms with Gasteiger partial charge in [0, 0.05) is 23.3 Å². The van der Waals surface area contributed by atoms with E-state index in [0.29, 0.717) is 6.54 Å². The molecule has 0 saturated heterocycles. The van der Waals surface area contributed by atoms with Crippen molar-refractivity contribution in [2.45, 2.75) is 72.5 Å². The van der Waals surface area contributed by atoms with Crippen LogP contribution in [0.1, 0.15) is 51.6 Å². The maximum absolute atomic E-state index is 12.6. The van der Waals surface area contributed by atoms with E-state index in [1.54, 1.807) is 0 Å². The summed E-state index contributed by atoms with van der Waals surface area (Å²) in [6, 6.07) is 0. The van der Waals surface area contributed by atoms with E-state index in [0.717, 1.165) is 29.8 Å². The molecule has 0 spiro atoms. The Morgan fingerprint density at radius 2 is 1.84 bits per heavy atom. The zero-order valence-electron chi connectivity index (χ0n) is 12.6. The lowest BCUT2D eigenvalue weighted by atomic mass is 10.1. The van der Waals surface area contributed by atoms with Crippen LogP contribution in [-0.2, 0) is 25.9 Å². The maximum atomic E-state index is 12.6. The fourth-order valence-electron chi connectivity index (χ4n) is 2.11. The van der Waals surface area contributed by atoms with Crippen LogP contribution in [0.5, 0.6) is 0 Å². The Hall–Kier alpha value is -0.970. The van der Waals surface area contributed by atoms with Crippen molar-refractivity contribution in [3.63, 3.8) is 0 Å². The fraction of sp³-hybridized carbons (Fsp3) is 0.786. The van der Waals surface area contributed by atoms with Crippen molar-refractivity contribution >= 4 is 0 Å². The van der Waals surface area contributed by atoms with Crippen LogP contribution in [0.2, 0.25) is 0 Å². The molecule has 1 aromatic heterocycles. The molecule has 0 fully saturated rings. The van der Waals surface area contributed by atoms with Gasteiger partial charge in [0.05, 0.1) is 5.69 Å². The Bertz CT molecular complexity index is 406. The number of halogens is 2. The summed E-state index contributed by atoms with van der Waals surface area (Å²) in [4.78, 5) is 0. The number of alkyl halides is 2. The third-order valence-electron chi connectivity index (χ3n) is 3.03. The molecule has 5 heteroatoms. The molecule has 1 heterocycles. The topological polar surface area (TPSA) is 29.9 Å². The minimum absolute atomic E-state index is 0.000831. The minimum Gasteiger partial charge on any atom is -0.308 e. The van der Waals surface area contributed by atoms with Gasteiger partial charge >= 0.3 is 0 Å². The predicted molar refractivity (Wildman–Crippen MR) is 73.6 cm³/mol. The average Bonchev–Trinajstić information content (AvgIpc) is 2.61. The summed E-state index contributed by atoms with van der Waals surface area (Å²) in [7, 11) is 0. The molecule has 0 bridgehead atoms. The molecule has 1 N–H and O–H groups in total. The quantitative estimate of drug-likeness (QED) is 0.863. The van der Waals surface area contributed by atoms with Crippen LogP contribution in [0.3, 0.4) is 0 Å². The Kier molecular flexibility index (Phi) is 5.47. The SMILES string of the molecule is CCc1nn(CC(F)F)c(CC)c1CNC(C)(C)C. The van der Waals surface area contributed by atoms with Gasteiger partial charge in [-0.2, -0.15) is 5.10 Å². The van der Waals surface area contributed by atoms with E-state index in [4.69, 9.17) is 0 Å². The van der Waals surface area contributed by atoms with E-state index in [9.17, 15) is 8.78 Å². The van der Waals surface area contributed by atoms with Crippen LogP contribution in [0.4, 0.5) is 8.78 Å². The summed E-state index contributed by atoms with van der Waals surface area (Å²) in [5.74, 6) is 0. The van der Waals surface area contributed by atoms with Gasteiger partial charge in [0.1, 0.15) is 6.54 Å². The highest BCUT2D eigenvalue weighted by molar-refractivity contribution is 5.27. The van der Waals surface area contributed by atoms with E-state index < -0.39 is 6.43 Å². The Morgan fingerprint density at radius 3 is 2.26 bits per heavy atom. The molecule has 110 valence electrons. The van der Waals surface area contributed by atoms with Gasteiger partial charge in [-0.15, -0.1) is 0 Å². The highest BCUT2D eigenvalue weighted by atomic mass is 19.3. The summed E-state index contributed by atoms with van der Waals surface area (Å²) in [5.41, 5.74) is 2.93. The third kappa shape index (κ3) is 4.56. The predicted octanol–water partition coefficient (Wildman–Crippen LogP) is 3.16. The molecule has 1 rings (SSSR count). The second-order valence-corrected chi connectivity index (χ2v) is 5.76. The number of aryl methyl sites for hydroxylation is 1. The maximum Gasteiger partial charge on any atom is 0.257 e. The summed E-state index contributed by atoms with van der Waals surface area (Å²) in [5, 5.41) is 7.75. The van der Waals surface area contributed by atoms with Gasteiger partial charge in [0.15, 0.2) is 0 Å². The molecule has 0 amide bonds. The third-order valence-corrected chi connectivity index (χ3v) is 3.03. The Morgan fingerprint density at radius 1 is 1.21 bits per heavy atom. The number of rotatable bonds is 6. The molecule has 19 heavy (non-hydrogen) atoms. The van der Waals surface area contributed by atoms with Crippen molar-refractivity contribution in [1.29, 1.82) is 0 Å². The normalized spacial score (nSPS) is 12.4. The monoisotopic (exact) mass is 273 g/mol. The van der Waals surface area contributed by atoms with Crippen LogP contribution >= 0.6 is 0 Å². The first kappa shape index (κ1) is 16.1. The highest BCUT2D eigenvalue weighted by Crippen LogP contribution is 2.18. The average molecular weight is 273 g/mol. The fourth-order valence-corrected chi connectivity index (χ4v) is 2.11. The Balaban J connectivity index is 3.02. The molecule has 0 aliphatic rings. The first-order valence-corrected chi connectivity index (χ1v) is 6.89. The van der Waals surface area contributed by atoms with Crippen molar-refractivity contribution in [3.8, 4) is 0 Å². The molecule has 3 nitrogen and oxygen atoms in total. The van der Waals surface area contributed by atoms with Crippen molar-refractivity contribution in [2.75, 3.05) is 0 Å². The summed E-state index contributed by atoms with van der Waals surface area (Å²) in [6.07, 6.45) is -0.871. The second kappa shape index (κ2) is 6.46. The number of nitrogens with one attached hydrogen (secondary N) is 1. The second-order valence-electron chi connectivity index (χ2n) is 5.76. The molecule has 0 aliphatic heterocycles. The summed E-state index contributed by atoms with van der Waals surface area (Å²) < 4.78 is 26.6. The first-order valence-electron chi connectivity index (χ1n) is 6.89. The van der Waals surface area contributed by atoms with E-state index in [1.165, 1.54) is 4.68 Å². The Labute approximate surface area is 114 Å². The number of nitrogens with zero attached hydrogens (tertiary/aromatic N) is 2. The van der Waals surface area contributed by atoms with Gasteiger partial charge < -0.3 is 5.32 Å². The molecule has 0 unspecified atom stereocenters. The van der Waals surface area contributed by atoms with Crippen LogP contribution in [0.25, 0.3) is 0 Å². The molecular weight excluding hydrogens is 248 g/mol. The standard InChI is InChI=1S/C14H25F2N3/c1-6-11-10(8-17-14(3,4)5)12(7-2)19(18-11)9-13(15)16/h13,17H,6-9H2,1-5H3. The van der Waals surface area contributed by atoms with E-state index >= 15 is 0 Å². The largest absolute Gasteiger partial charge is 0.308 e. The lowest BCUT2D eigenvalue weighted by molar-refractivity contribution is 0.120. The first-order chi connectivity index (χ1) is 8.78. The van der Waals surface area contributed by atoms with E-state index in [-0.39, 0.29) is 12.1 Å². The van der Waals surface area contributed by atoms with Gasteiger partial charge in [-0.05, 0) is 33.6 Å². The number of hydrogen-bond acceptors (Lipinski definition) is 2. The number of aromatic nitrogens is 2. The van der Waals surface area contributed by atoms with Crippen molar-refractivity contribution in [3.05, 3.63) is 17.0 Å². The molecule has 0 saturated carbocycles. The van der Waals surface area contributed by atoms with Crippen LogP contribution in [0, 0.1) is 0 Å². The smallest absolute Gasteiger partial charge is 0.257 e. The molecule has 1 aromatic rings. The van der Waals surface area contributed by atoms with Gasteiger partial charge in [0.25, 0.3) is 6.43 Å². The molecule has 0 aromatic carbocycles. The lowest BCUT2D eigenvalue weighted by Crippen LogP contribution is -2.35. The molecule has 0 radical (unpaired) electrons. The van der Waals surface area contributed by atoms with Gasteiger partial charge in [-0.1, -0.05) is 13.8 Å². The van der Waals surface area contributed by atoms with E-state index in [1.807, 2.05) is 13.8 Å². The summed E-state index contributed by atoms with van der Waals surface area (Å²) in [6.45, 7) is 10.6.